The largest absolute Gasteiger partial charge is 0.416 e. The first-order valence-corrected chi connectivity index (χ1v) is 4.87. The molecule has 2 heterocycles. The van der Waals surface area contributed by atoms with Crippen molar-refractivity contribution in [2.24, 2.45) is 0 Å². The molecule has 0 saturated carbocycles. The summed E-state index contributed by atoms with van der Waals surface area (Å²) in [6.07, 6.45) is 0. The van der Waals surface area contributed by atoms with Crippen LogP contribution in [0.25, 0.3) is 0 Å². The van der Waals surface area contributed by atoms with E-state index in [2.05, 4.69) is 15.2 Å². The van der Waals surface area contributed by atoms with Crippen LogP contribution in [0.2, 0.25) is 0 Å². The second-order valence-electron chi connectivity index (χ2n) is 3.58. The van der Waals surface area contributed by atoms with Gasteiger partial charge in [-0.2, -0.15) is 0 Å². The highest BCUT2D eigenvalue weighted by Gasteiger charge is 2.13. The van der Waals surface area contributed by atoms with Crippen molar-refractivity contribution in [1.29, 1.82) is 0 Å². The van der Waals surface area contributed by atoms with Gasteiger partial charge in [0.15, 0.2) is 0 Å². The van der Waals surface area contributed by atoms with Crippen molar-refractivity contribution in [2.45, 2.75) is 13.5 Å². The molecule has 5 heteroatoms. The fourth-order valence-corrected chi connectivity index (χ4v) is 1.68. The summed E-state index contributed by atoms with van der Waals surface area (Å²) in [4.78, 5) is 15.9. The highest BCUT2D eigenvalue weighted by molar-refractivity contribution is 5.04. The number of oxazole rings is 1. The Hall–Kier alpha value is -1.07. The molecule has 0 aromatic carbocycles. The highest BCUT2D eigenvalue weighted by atomic mass is 16.4. The molecule has 2 rings (SSSR count). The number of nitrogens with zero attached hydrogens (tertiary/aromatic N) is 1. The summed E-state index contributed by atoms with van der Waals surface area (Å²) in [7, 11) is 0. The van der Waals surface area contributed by atoms with E-state index in [1.807, 2.05) is 6.92 Å². The molecular formula is C9H15N3O2. The van der Waals surface area contributed by atoms with E-state index in [9.17, 15) is 4.79 Å². The van der Waals surface area contributed by atoms with Crippen LogP contribution in [0.5, 0.6) is 0 Å². The number of aryl methyl sites for hydroxylation is 1. The van der Waals surface area contributed by atoms with Crippen molar-refractivity contribution in [1.82, 2.24) is 15.2 Å². The fraction of sp³-hybridized carbons (Fsp3) is 0.667. The molecule has 0 amide bonds. The van der Waals surface area contributed by atoms with Crippen LogP contribution in [-0.2, 0) is 6.54 Å². The van der Waals surface area contributed by atoms with Crippen molar-refractivity contribution >= 4 is 0 Å². The van der Waals surface area contributed by atoms with Gasteiger partial charge >= 0.3 is 5.76 Å². The van der Waals surface area contributed by atoms with E-state index in [0.717, 1.165) is 38.4 Å². The molecule has 0 aliphatic carbocycles. The van der Waals surface area contributed by atoms with E-state index in [4.69, 9.17) is 4.42 Å². The van der Waals surface area contributed by atoms with Gasteiger partial charge in [0, 0.05) is 32.7 Å². The van der Waals surface area contributed by atoms with Crippen molar-refractivity contribution in [3.05, 3.63) is 22.0 Å². The van der Waals surface area contributed by atoms with Gasteiger partial charge in [-0.15, -0.1) is 0 Å². The summed E-state index contributed by atoms with van der Waals surface area (Å²) in [5, 5.41) is 3.28. The Kier molecular flexibility index (Phi) is 2.69. The predicted octanol–water partition coefficient (Wildman–Crippen LogP) is -0.318. The van der Waals surface area contributed by atoms with Gasteiger partial charge < -0.3 is 9.73 Å². The predicted molar refractivity (Wildman–Crippen MR) is 52.2 cm³/mol. The van der Waals surface area contributed by atoms with Crippen LogP contribution < -0.4 is 11.1 Å². The number of aromatic amines is 1. The second-order valence-corrected chi connectivity index (χ2v) is 3.58. The average Bonchev–Trinajstić information content (AvgIpc) is 2.47. The van der Waals surface area contributed by atoms with Gasteiger partial charge in [0.25, 0.3) is 0 Å². The van der Waals surface area contributed by atoms with Crippen molar-refractivity contribution in [3.63, 3.8) is 0 Å². The van der Waals surface area contributed by atoms with Crippen LogP contribution in [-0.4, -0.2) is 36.1 Å². The minimum absolute atomic E-state index is 0.354. The lowest BCUT2D eigenvalue weighted by Gasteiger charge is -2.26. The maximum Gasteiger partial charge on any atom is 0.416 e. The third kappa shape index (κ3) is 2.05. The van der Waals surface area contributed by atoms with E-state index in [0.29, 0.717) is 5.76 Å². The molecule has 1 fully saturated rings. The molecule has 1 aromatic rings. The number of rotatable bonds is 2. The summed E-state index contributed by atoms with van der Waals surface area (Å²) in [5.74, 6) is 0.348. The molecule has 1 aromatic heterocycles. The van der Waals surface area contributed by atoms with E-state index >= 15 is 0 Å². The lowest BCUT2D eigenvalue weighted by atomic mass is 10.3. The molecule has 0 radical (unpaired) electrons. The Morgan fingerprint density at radius 3 is 2.71 bits per heavy atom. The topological polar surface area (TPSA) is 61.3 Å². The van der Waals surface area contributed by atoms with Gasteiger partial charge in [-0.1, -0.05) is 0 Å². The fourth-order valence-electron chi connectivity index (χ4n) is 1.68. The number of hydrogen-bond donors (Lipinski definition) is 2. The number of hydrogen-bond acceptors (Lipinski definition) is 4. The quantitative estimate of drug-likeness (QED) is 0.682. The smallest absolute Gasteiger partial charge is 0.413 e. The maximum absolute atomic E-state index is 10.9. The monoisotopic (exact) mass is 197 g/mol. The van der Waals surface area contributed by atoms with Crippen LogP contribution in [0.15, 0.2) is 9.21 Å². The normalized spacial score (nSPS) is 18.6. The van der Waals surface area contributed by atoms with Crippen LogP contribution in [0.4, 0.5) is 0 Å². The molecule has 0 unspecified atom stereocenters. The van der Waals surface area contributed by atoms with E-state index in [1.54, 1.807) is 0 Å². The Labute approximate surface area is 82.1 Å². The first kappa shape index (κ1) is 9.48. The lowest BCUT2D eigenvalue weighted by molar-refractivity contribution is 0.230. The molecular weight excluding hydrogens is 182 g/mol. The molecule has 14 heavy (non-hydrogen) atoms. The number of aromatic nitrogens is 1. The molecule has 1 saturated heterocycles. The molecule has 0 atom stereocenters. The van der Waals surface area contributed by atoms with Gasteiger partial charge in [-0.3, -0.25) is 9.88 Å². The standard InChI is InChI=1S/C9H15N3O2/c1-7-8(11-9(13)14-7)6-12-4-2-10-3-5-12/h10H,2-6H2,1H3,(H,11,13). The van der Waals surface area contributed by atoms with Crippen molar-refractivity contribution in [2.75, 3.05) is 26.2 Å². The Balaban J connectivity index is 2.02. The van der Waals surface area contributed by atoms with E-state index in [1.165, 1.54) is 0 Å². The van der Waals surface area contributed by atoms with Gasteiger partial charge in [-0.05, 0) is 6.92 Å². The second kappa shape index (κ2) is 3.98. The zero-order valence-electron chi connectivity index (χ0n) is 8.30. The van der Waals surface area contributed by atoms with Gasteiger partial charge in [0.1, 0.15) is 5.76 Å². The molecule has 0 spiro atoms. The van der Waals surface area contributed by atoms with Gasteiger partial charge in [0.05, 0.1) is 5.69 Å². The van der Waals surface area contributed by atoms with Crippen molar-refractivity contribution < 1.29 is 4.42 Å². The zero-order valence-corrected chi connectivity index (χ0v) is 8.30. The summed E-state index contributed by atoms with van der Waals surface area (Å²) in [6, 6.07) is 0. The Morgan fingerprint density at radius 2 is 2.14 bits per heavy atom. The number of piperazine rings is 1. The number of H-pyrrole nitrogens is 1. The molecule has 1 aliphatic rings. The van der Waals surface area contributed by atoms with E-state index in [-0.39, 0.29) is 5.76 Å². The van der Waals surface area contributed by atoms with Gasteiger partial charge in [-0.25, -0.2) is 4.79 Å². The Morgan fingerprint density at radius 1 is 1.43 bits per heavy atom. The molecule has 1 aliphatic heterocycles. The van der Waals surface area contributed by atoms with E-state index < -0.39 is 0 Å². The van der Waals surface area contributed by atoms with Crippen LogP contribution >= 0.6 is 0 Å². The van der Waals surface area contributed by atoms with Crippen molar-refractivity contribution in [3.8, 4) is 0 Å². The summed E-state index contributed by atoms with van der Waals surface area (Å²) in [6.45, 7) is 6.66. The van der Waals surface area contributed by atoms with Gasteiger partial charge in [0.2, 0.25) is 0 Å². The molecule has 5 nitrogen and oxygen atoms in total. The third-order valence-electron chi connectivity index (χ3n) is 2.52. The SMILES string of the molecule is Cc1oc(=O)[nH]c1CN1CCNCC1. The van der Waals surface area contributed by atoms with Crippen LogP contribution in [0.3, 0.4) is 0 Å². The number of nitrogens with one attached hydrogen (secondary N) is 2. The van der Waals surface area contributed by atoms with Crippen LogP contribution in [0.1, 0.15) is 11.5 Å². The van der Waals surface area contributed by atoms with Crippen LogP contribution in [0, 0.1) is 6.92 Å². The first-order valence-electron chi connectivity index (χ1n) is 4.87. The minimum atomic E-state index is -0.354. The third-order valence-corrected chi connectivity index (χ3v) is 2.52. The summed E-state index contributed by atoms with van der Waals surface area (Å²) < 4.78 is 4.90. The first-order chi connectivity index (χ1) is 6.75. The lowest BCUT2D eigenvalue weighted by Crippen LogP contribution is -2.43. The molecule has 0 bridgehead atoms. The molecule has 2 N–H and O–H groups in total. The minimum Gasteiger partial charge on any atom is -0.413 e. The Bertz CT molecular complexity index is 349. The summed E-state index contributed by atoms with van der Waals surface area (Å²) in [5.41, 5.74) is 0.900. The maximum atomic E-state index is 10.9. The molecule has 78 valence electrons. The zero-order chi connectivity index (χ0) is 9.97. The summed E-state index contributed by atoms with van der Waals surface area (Å²) >= 11 is 0. The highest BCUT2D eigenvalue weighted by Crippen LogP contribution is 2.06. The average molecular weight is 197 g/mol.